The highest BCUT2D eigenvalue weighted by atomic mass is 19.2. The van der Waals surface area contributed by atoms with E-state index in [1.54, 1.807) is 6.07 Å². The molecule has 2 aromatic rings. The summed E-state index contributed by atoms with van der Waals surface area (Å²) in [6.45, 7) is 0. The smallest absolute Gasteiger partial charge is 0.216 e. The van der Waals surface area contributed by atoms with Crippen LogP contribution < -0.4 is 5.32 Å². The van der Waals surface area contributed by atoms with Crippen LogP contribution in [0.1, 0.15) is 5.82 Å². The fourth-order valence-electron chi connectivity index (χ4n) is 1.19. The molecule has 2 N–H and O–H groups in total. The second-order valence-electron chi connectivity index (χ2n) is 3.15. The molecule has 0 spiro atoms. The Labute approximate surface area is 99.9 Å². The second kappa shape index (κ2) is 5.01. The minimum atomic E-state index is -1.03. The summed E-state index contributed by atoms with van der Waals surface area (Å²) < 4.78 is 26.2. The topological polar surface area (TPSA) is 90.3 Å². The molecule has 0 fully saturated rings. The van der Waals surface area contributed by atoms with Gasteiger partial charge in [0, 0.05) is 6.20 Å². The predicted molar refractivity (Wildman–Crippen MR) is 57.7 cm³/mol. The van der Waals surface area contributed by atoms with E-state index in [9.17, 15) is 8.78 Å². The Morgan fingerprint density at radius 3 is 2.94 bits per heavy atom. The Kier molecular flexibility index (Phi) is 3.24. The van der Waals surface area contributed by atoms with Crippen LogP contribution in [0.4, 0.5) is 14.5 Å². The summed E-state index contributed by atoms with van der Waals surface area (Å²) in [4.78, 5) is 0. The summed E-state index contributed by atoms with van der Waals surface area (Å²) in [5.74, 6) is -1.95. The second-order valence-corrected chi connectivity index (χ2v) is 3.15. The van der Waals surface area contributed by atoms with E-state index in [1.165, 1.54) is 18.3 Å². The molecule has 0 amide bonds. The molecule has 8 heteroatoms. The number of H-pyrrole nitrogens is 1. The minimum absolute atomic E-state index is 0.0346. The van der Waals surface area contributed by atoms with Crippen molar-refractivity contribution in [1.82, 2.24) is 20.6 Å². The van der Waals surface area contributed by atoms with Crippen molar-refractivity contribution in [2.45, 2.75) is 0 Å². The fourth-order valence-corrected chi connectivity index (χ4v) is 1.19. The van der Waals surface area contributed by atoms with Crippen molar-refractivity contribution in [3.8, 4) is 6.07 Å². The summed E-state index contributed by atoms with van der Waals surface area (Å²) in [6.07, 6.45) is 1.17. The van der Waals surface area contributed by atoms with Crippen LogP contribution in [-0.4, -0.2) is 20.6 Å². The van der Waals surface area contributed by atoms with Crippen LogP contribution in [0.5, 0.6) is 0 Å². The van der Waals surface area contributed by atoms with E-state index in [-0.39, 0.29) is 17.1 Å². The third-order valence-corrected chi connectivity index (χ3v) is 2.03. The van der Waals surface area contributed by atoms with Crippen LogP contribution in [0.15, 0.2) is 24.4 Å². The Balaban J connectivity index is 2.25. The van der Waals surface area contributed by atoms with Gasteiger partial charge in [-0.2, -0.15) is 10.5 Å². The lowest BCUT2D eigenvalue weighted by atomic mass is 10.2. The molecule has 1 aromatic carbocycles. The average Bonchev–Trinajstić information content (AvgIpc) is 2.89. The van der Waals surface area contributed by atoms with Crippen LogP contribution in [0.25, 0.3) is 5.57 Å². The number of hydrogen-bond donors (Lipinski definition) is 2. The molecule has 0 unspecified atom stereocenters. The van der Waals surface area contributed by atoms with E-state index in [1.807, 2.05) is 0 Å². The molecule has 0 aliphatic rings. The maximum atomic E-state index is 13.3. The van der Waals surface area contributed by atoms with Gasteiger partial charge in [0.15, 0.2) is 11.6 Å². The van der Waals surface area contributed by atoms with E-state index < -0.39 is 11.6 Å². The first-order valence-electron chi connectivity index (χ1n) is 4.77. The number of allylic oxidation sites excluding steroid dienone is 1. The van der Waals surface area contributed by atoms with Gasteiger partial charge >= 0.3 is 0 Å². The van der Waals surface area contributed by atoms with E-state index in [4.69, 9.17) is 5.26 Å². The number of benzene rings is 1. The number of nitrogens with one attached hydrogen (secondary N) is 2. The first-order chi connectivity index (χ1) is 8.72. The third kappa shape index (κ3) is 2.30. The van der Waals surface area contributed by atoms with Crippen LogP contribution in [-0.2, 0) is 0 Å². The minimum Gasteiger partial charge on any atom is -0.358 e. The largest absolute Gasteiger partial charge is 0.358 e. The van der Waals surface area contributed by atoms with Crippen molar-refractivity contribution in [3.05, 3.63) is 41.9 Å². The van der Waals surface area contributed by atoms with E-state index in [0.29, 0.717) is 0 Å². The number of hydrogen-bond acceptors (Lipinski definition) is 5. The fraction of sp³-hybridized carbons (Fsp3) is 0. The number of aromatic amines is 1. The van der Waals surface area contributed by atoms with Gasteiger partial charge in [0.05, 0.1) is 5.69 Å². The number of anilines is 1. The van der Waals surface area contributed by atoms with Gasteiger partial charge in [-0.15, -0.1) is 10.2 Å². The molecule has 0 bridgehead atoms. The van der Waals surface area contributed by atoms with Gasteiger partial charge in [0.1, 0.15) is 11.6 Å². The molecule has 2 rings (SSSR count). The van der Waals surface area contributed by atoms with Crippen molar-refractivity contribution in [3.63, 3.8) is 0 Å². The monoisotopic (exact) mass is 248 g/mol. The molecule has 90 valence electrons. The molecule has 1 heterocycles. The van der Waals surface area contributed by atoms with Crippen LogP contribution >= 0.6 is 0 Å². The first kappa shape index (κ1) is 11.7. The van der Waals surface area contributed by atoms with Gasteiger partial charge in [-0.3, -0.25) is 0 Å². The molecule has 0 radical (unpaired) electrons. The zero-order valence-corrected chi connectivity index (χ0v) is 8.85. The summed E-state index contributed by atoms with van der Waals surface area (Å²) in [5, 5.41) is 24.0. The van der Waals surface area contributed by atoms with Crippen molar-refractivity contribution >= 4 is 11.3 Å². The highest BCUT2D eigenvalue weighted by molar-refractivity contribution is 5.74. The molecule has 18 heavy (non-hydrogen) atoms. The lowest BCUT2D eigenvalue weighted by Gasteiger charge is -2.03. The maximum absolute atomic E-state index is 13.3. The number of aromatic nitrogens is 4. The number of halogens is 2. The standard InChI is InChI=1S/C10H6F2N6/c11-7-2-1-3-8(9(7)12)14-5-6(4-13)10-15-17-18-16-10/h1-3,5,14H,(H,15,16,17,18). The van der Waals surface area contributed by atoms with Gasteiger partial charge in [-0.25, -0.2) is 8.78 Å². The molecular weight excluding hydrogens is 242 g/mol. The molecule has 1 aromatic heterocycles. The Morgan fingerprint density at radius 2 is 2.28 bits per heavy atom. The zero-order chi connectivity index (χ0) is 13.0. The molecule has 0 aliphatic carbocycles. The van der Waals surface area contributed by atoms with Gasteiger partial charge in [0.25, 0.3) is 0 Å². The molecule has 0 saturated heterocycles. The maximum Gasteiger partial charge on any atom is 0.216 e. The number of tetrazole rings is 1. The van der Waals surface area contributed by atoms with Crippen LogP contribution in [0, 0.1) is 23.0 Å². The summed E-state index contributed by atoms with van der Waals surface area (Å²) in [7, 11) is 0. The predicted octanol–water partition coefficient (Wildman–Crippen LogP) is 1.45. The number of nitrogens with zero attached hydrogens (tertiary/aromatic N) is 4. The first-order valence-corrected chi connectivity index (χ1v) is 4.77. The molecular formula is C10H6F2N6. The van der Waals surface area contributed by atoms with E-state index in [0.717, 1.165) is 6.07 Å². The molecule has 0 saturated carbocycles. The van der Waals surface area contributed by atoms with E-state index in [2.05, 4.69) is 25.9 Å². The Morgan fingerprint density at radius 1 is 1.44 bits per heavy atom. The molecule has 0 atom stereocenters. The Bertz CT molecular complexity index is 614. The normalized spacial score (nSPS) is 11.1. The zero-order valence-electron chi connectivity index (χ0n) is 8.85. The molecule has 6 nitrogen and oxygen atoms in total. The van der Waals surface area contributed by atoms with Gasteiger partial charge < -0.3 is 5.32 Å². The average molecular weight is 248 g/mol. The van der Waals surface area contributed by atoms with Gasteiger partial charge in [-0.05, 0) is 17.3 Å². The van der Waals surface area contributed by atoms with E-state index >= 15 is 0 Å². The Hall–Kier alpha value is -2.82. The number of nitriles is 1. The highest BCUT2D eigenvalue weighted by Gasteiger charge is 2.08. The number of rotatable bonds is 3. The summed E-state index contributed by atoms with van der Waals surface area (Å²) in [6, 6.07) is 5.48. The van der Waals surface area contributed by atoms with Gasteiger partial charge in [0.2, 0.25) is 5.82 Å². The van der Waals surface area contributed by atoms with Crippen molar-refractivity contribution < 1.29 is 8.78 Å². The van der Waals surface area contributed by atoms with Gasteiger partial charge in [-0.1, -0.05) is 6.07 Å². The summed E-state index contributed by atoms with van der Waals surface area (Å²) >= 11 is 0. The van der Waals surface area contributed by atoms with Crippen LogP contribution in [0.2, 0.25) is 0 Å². The van der Waals surface area contributed by atoms with Crippen molar-refractivity contribution in [1.29, 1.82) is 5.26 Å². The molecule has 0 aliphatic heterocycles. The quantitative estimate of drug-likeness (QED) is 0.802. The third-order valence-electron chi connectivity index (χ3n) is 2.03. The van der Waals surface area contributed by atoms with Crippen molar-refractivity contribution in [2.24, 2.45) is 0 Å². The highest BCUT2D eigenvalue weighted by Crippen LogP contribution is 2.17. The van der Waals surface area contributed by atoms with Crippen LogP contribution in [0.3, 0.4) is 0 Å². The lowest BCUT2D eigenvalue weighted by molar-refractivity contribution is 0.511. The van der Waals surface area contributed by atoms with Crippen molar-refractivity contribution in [2.75, 3.05) is 5.32 Å². The SMILES string of the molecule is N#CC(=CNc1cccc(F)c1F)c1nn[nH]n1. The summed E-state index contributed by atoms with van der Waals surface area (Å²) in [5.41, 5.74) is -0.0568. The lowest BCUT2D eigenvalue weighted by Crippen LogP contribution is -1.97.